The van der Waals surface area contributed by atoms with E-state index in [9.17, 15) is 4.79 Å². The van der Waals surface area contributed by atoms with Gasteiger partial charge in [-0.2, -0.15) is 5.26 Å². The topological polar surface area (TPSA) is 62.1 Å². The van der Waals surface area contributed by atoms with Crippen molar-refractivity contribution in [1.82, 2.24) is 5.32 Å². The van der Waals surface area contributed by atoms with Crippen LogP contribution in [0.3, 0.4) is 0 Å². The van der Waals surface area contributed by atoms with Crippen LogP contribution in [-0.2, 0) is 11.2 Å². The molecule has 1 rings (SSSR count). The minimum Gasteiger partial charge on any atom is -0.496 e. The molecule has 0 atom stereocenters. The molecule has 0 fully saturated rings. The molecule has 0 saturated carbocycles. The van der Waals surface area contributed by atoms with E-state index in [1.54, 1.807) is 7.11 Å². The maximum Gasteiger partial charge on any atom is 0.221 e. The highest BCUT2D eigenvalue weighted by molar-refractivity contribution is 9.10. The quantitative estimate of drug-likeness (QED) is 0.846. The Morgan fingerprint density at radius 1 is 1.59 bits per heavy atom. The van der Waals surface area contributed by atoms with Crippen molar-refractivity contribution in [1.29, 1.82) is 5.26 Å². The van der Waals surface area contributed by atoms with E-state index in [1.165, 1.54) is 0 Å². The maximum absolute atomic E-state index is 11.3. The van der Waals surface area contributed by atoms with Gasteiger partial charge in [0.05, 0.1) is 13.2 Å². The molecule has 5 heteroatoms. The number of hydrogen-bond donors (Lipinski definition) is 1. The molecule has 1 N–H and O–H groups in total. The van der Waals surface area contributed by atoms with E-state index in [0.29, 0.717) is 12.8 Å². The van der Waals surface area contributed by atoms with Crippen molar-refractivity contribution in [3.8, 4) is 11.8 Å². The molecule has 0 bridgehead atoms. The number of carbonyl (C=O) groups is 1. The summed E-state index contributed by atoms with van der Waals surface area (Å²) in [6, 6.07) is 7.53. The lowest BCUT2D eigenvalue weighted by atomic mass is 10.1. The zero-order valence-electron chi connectivity index (χ0n) is 9.50. The number of benzene rings is 1. The van der Waals surface area contributed by atoms with E-state index >= 15 is 0 Å². The highest BCUT2D eigenvalue weighted by Crippen LogP contribution is 2.23. The average Bonchev–Trinajstić information content (AvgIpc) is 2.34. The van der Waals surface area contributed by atoms with E-state index < -0.39 is 0 Å². The number of hydrogen-bond acceptors (Lipinski definition) is 3. The Morgan fingerprint density at radius 2 is 2.35 bits per heavy atom. The summed E-state index contributed by atoms with van der Waals surface area (Å²) < 4.78 is 6.16. The summed E-state index contributed by atoms with van der Waals surface area (Å²) >= 11 is 3.38. The number of rotatable bonds is 5. The minimum atomic E-state index is -0.131. The van der Waals surface area contributed by atoms with Crippen molar-refractivity contribution in [2.45, 2.75) is 12.8 Å². The Hall–Kier alpha value is -1.54. The Balaban J connectivity index is 2.59. The first-order valence-electron chi connectivity index (χ1n) is 5.13. The van der Waals surface area contributed by atoms with Crippen LogP contribution in [0.4, 0.5) is 0 Å². The molecule has 0 aliphatic rings. The molecule has 0 heterocycles. The lowest BCUT2D eigenvalue weighted by Crippen LogP contribution is -2.23. The van der Waals surface area contributed by atoms with Gasteiger partial charge in [-0.05, 0) is 30.2 Å². The number of nitrogens with zero attached hydrogens (tertiary/aromatic N) is 1. The van der Waals surface area contributed by atoms with Crippen molar-refractivity contribution >= 4 is 21.8 Å². The van der Waals surface area contributed by atoms with Crippen molar-refractivity contribution in [3.63, 3.8) is 0 Å². The van der Waals surface area contributed by atoms with Gasteiger partial charge in [-0.3, -0.25) is 4.79 Å². The van der Waals surface area contributed by atoms with Crippen molar-refractivity contribution in [2.75, 3.05) is 13.7 Å². The number of methoxy groups -OCH3 is 1. The Kier molecular flexibility index (Phi) is 5.50. The Bertz CT molecular complexity index is 441. The smallest absolute Gasteiger partial charge is 0.221 e. The molecule has 0 aromatic heterocycles. The highest BCUT2D eigenvalue weighted by atomic mass is 79.9. The van der Waals surface area contributed by atoms with Gasteiger partial charge in [0.25, 0.3) is 0 Å². The lowest BCUT2D eigenvalue weighted by molar-refractivity contribution is -0.120. The van der Waals surface area contributed by atoms with Gasteiger partial charge in [-0.1, -0.05) is 15.9 Å². The molecule has 0 aliphatic carbocycles. The SMILES string of the molecule is COc1ccc(Br)cc1CCC(=O)NCC#N. The molecule has 0 aliphatic heterocycles. The van der Waals surface area contributed by atoms with Gasteiger partial charge < -0.3 is 10.1 Å². The third-order valence-electron chi connectivity index (χ3n) is 2.23. The first-order valence-corrected chi connectivity index (χ1v) is 5.92. The van der Waals surface area contributed by atoms with Crippen LogP contribution in [0.15, 0.2) is 22.7 Å². The highest BCUT2D eigenvalue weighted by Gasteiger charge is 2.06. The monoisotopic (exact) mass is 296 g/mol. The molecule has 0 radical (unpaired) electrons. The predicted molar refractivity (Wildman–Crippen MR) is 67.6 cm³/mol. The van der Waals surface area contributed by atoms with E-state index in [1.807, 2.05) is 24.3 Å². The number of nitrogens with one attached hydrogen (secondary N) is 1. The molecule has 1 amide bonds. The number of aryl methyl sites for hydroxylation is 1. The van der Waals surface area contributed by atoms with Gasteiger partial charge in [-0.15, -0.1) is 0 Å². The fourth-order valence-electron chi connectivity index (χ4n) is 1.42. The normalized spacial score (nSPS) is 9.47. The average molecular weight is 297 g/mol. The maximum atomic E-state index is 11.3. The second-order valence-corrected chi connectivity index (χ2v) is 4.31. The van der Waals surface area contributed by atoms with Gasteiger partial charge in [0.1, 0.15) is 12.3 Å². The van der Waals surface area contributed by atoms with Crippen LogP contribution >= 0.6 is 15.9 Å². The first kappa shape index (κ1) is 13.5. The van der Waals surface area contributed by atoms with Gasteiger partial charge in [-0.25, -0.2) is 0 Å². The third-order valence-corrected chi connectivity index (χ3v) is 2.72. The predicted octanol–water partition coefficient (Wildman–Crippen LogP) is 2.03. The fraction of sp³-hybridized carbons (Fsp3) is 0.333. The summed E-state index contributed by atoms with van der Waals surface area (Å²) in [7, 11) is 1.60. The van der Waals surface area contributed by atoms with Gasteiger partial charge in [0, 0.05) is 10.9 Å². The standard InChI is InChI=1S/C12H13BrN2O2/c1-17-11-4-3-10(13)8-9(11)2-5-12(16)15-7-6-14/h3-4,8H,2,5,7H2,1H3,(H,15,16). The number of amides is 1. The summed E-state index contributed by atoms with van der Waals surface area (Å²) in [5.41, 5.74) is 0.967. The van der Waals surface area contributed by atoms with E-state index in [2.05, 4.69) is 21.2 Å². The molecule has 90 valence electrons. The molecule has 4 nitrogen and oxygen atoms in total. The first-order chi connectivity index (χ1) is 8.17. The summed E-state index contributed by atoms with van der Waals surface area (Å²) in [5, 5.41) is 10.8. The number of nitriles is 1. The van der Waals surface area contributed by atoms with Crippen LogP contribution in [0.5, 0.6) is 5.75 Å². The molecule has 17 heavy (non-hydrogen) atoms. The van der Waals surface area contributed by atoms with Gasteiger partial charge in [0.15, 0.2) is 0 Å². The zero-order chi connectivity index (χ0) is 12.7. The third kappa shape index (κ3) is 4.45. The van der Waals surface area contributed by atoms with Gasteiger partial charge in [0.2, 0.25) is 5.91 Å². The summed E-state index contributed by atoms with van der Waals surface area (Å²) in [6.07, 6.45) is 0.925. The largest absolute Gasteiger partial charge is 0.496 e. The Labute approximate surface area is 109 Å². The Morgan fingerprint density at radius 3 is 3.00 bits per heavy atom. The van der Waals surface area contributed by atoms with E-state index in [-0.39, 0.29) is 12.5 Å². The van der Waals surface area contributed by atoms with Crippen LogP contribution in [-0.4, -0.2) is 19.6 Å². The molecule has 0 unspecified atom stereocenters. The van der Waals surface area contributed by atoms with Crippen LogP contribution in [0.1, 0.15) is 12.0 Å². The summed E-state index contributed by atoms with van der Waals surface area (Å²) in [5.74, 6) is 0.634. The second-order valence-electron chi connectivity index (χ2n) is 3.39. The number of carbonyl (C=O) groups excluding carboxylic acids is 1. The van der Waals surface area contributed by atoms with Crippen molar-refractivity contribution in [2.24, 2.45) is 0 Å². The molecule has 1 aromatic rings. The van der Waals surface area contributed by atoms with Crippen molar-refractivity contribution in [3.05, 3.63) is 28.2 Å². The molecule has 0 spiro atoms. The molecular formula is C12H13BrN2O2. The van der Waals surface area contributed by atoms with Crippen LogP contribution in [0.2, 0.25) is 0 Å². The second kappa shape index (κ2) is 6.92. The van der Waals surface area contributed by atoms with Crippen LogP contribution in [0.25, 0.3) is 0 Å². The molecule has 0 saturated heterocycles. The molecular weight excluding hydrogens is 284 g/mol. The fourth-order valence-corrected chi connectivity index (χ4v) is 1.83. The minimum absolute atomic E-state index is 0.0501. The van der Waals surface area contributed by atoms with Gasteiger partial charge >= 0.3 is 0 Å². The van der Waals surface area contributed by atoms with Crippen molar-refractivity contribution < 1.29 is 9.53 Å². The number of ether oxygens (including phenoxy) is 1. The van der Waals surface area contributed by atoms with E-state index in [4.69, 9.17) is 10.00 Å². The van der Waals surface area contributed by atoms with Crippen LogP contribution < -0.4 is 10.1 Å². The lowest BCUT2D eigenvalue weighted by Gasteiger charge is -2.08. The van der Waals surface area contributed by atoms with Crippen LogP contribution in [0, 0.1) is 11.3 Å². The summed E-state index contributed by atoms with van der Waals surface area (Å²) in [4.78, 5) is 11.3. The van der Waals surface area contributed by atoms with E-state index in [0.717, 1.165) is 15.8 Å². The zero-order valence-corrected chi connectivity index (χ0v) is 11.1. The summed E-state index contributed by atoms with van der Waals surface area (Å²) in [6.45, 7) is 0.0501. The number of halogens is 1. The molecule has 1 aromatic carbocycles.